The molecule has 1 aliphatic carbocycles. The predicted octanol–water partition coefficient (Wildman–Crippen LogP) is 6.51. The molecular formula is C21H23F4NO. The fourth-order valence-electron chi connectivity index (χ4n) is 3.49. The molecule has 0 atom stereocenters. The minimum absolute atomic E-state index is 0.400. The molecule has 6 heteroatoms. The smallest absolute Gasteiger partial charge is 0.422 e. The van der Waals surface area contributed by atoms with Crippen molar-refractivity contribution in [1.82, 2.24) is 4.98 Å². The molecule has 1 fully saturated rings. The Bertz CT molecular complexity index is 774. The molecule has 0 saturated heterocycles. The summed E-state index contributed by atoms with van der Waals surface area (Å²) in [5.41, 5.74) is 2.66. The van der Waals surface area contributed by atoms with E-state index in [1.807, 2.05) is 18.3 Å². The highest BCUT2D eigenvalue weighted by molar-refractivity contribution is 5.60. The standard InChI is InChI=1S/C21H23F4NO/c1-20(2)9-7-14(8-10-20)16-3-5-18(26-12-16)15-4-6-19(17(22)11-15)27-13-21(23,24)25/h3-6,11-12,14H,7-10,13H2,1-2H3. The number of hydrogen-bond acceptors (Lipinski definition) is 2. The number of ether oxygens (including phenoxy) is 1. The Morgan fingerprint density at radius 2 is 1.81 bits per heavy atom. The molecule has 3 rings (SSSR count). The summed E-state index contributed by atoms with van der Waals surface area (Å²) in [5.74, 6) is -0.760. The van der Waals surface area contributed by atoms with Gasteiger partial charge in [-0.1, -0.05) is 19.9 Å². The summed E-state index contributed by atoms with van der Waals surface area (Å²) < 4.78 is 55.1. The SMILES string of the molecule is CC1(C)CCC(c2ccc(-c3ccc(OCC(F)(F)F)c(F)c3)nc2)CC1. The van der Waals surface area contributed by atoms with Crippen LogP contribution in [0.15, 0.2) is 36.5 Å². The van der Waals surface area contributed by atoms with Gasteiger partial charge in [0, 0.05) is 11.8 Å². The fourth-order valence-corrected chi connectivity index (χ4v) is 3.49. The summed E-state index contributed by atoms with van der Waals surface area (Å²) in [5, 5.41) is 0. The molecule has 1 aliphatic rings. The molecule has 1 saturated carbocycles. The number of benzene rings is 1. The Balaban J connectivity index is 1.69. The summed E-state index contributed by atoms with van der Waals surface area (Å²) in [6.45, 7) is 3.07. The number of rotatable bonds is 4. The summed E-state index contributed by atoms with van der Waals surface area (Å²) in [6, 6.07) is 7.71. The second-order valence-corrected chi connectivity index (χ2v) is 7.96. The lowest BCUT2D eigenvalue weighted by atomic mass is 9.71. The molecule has 0 bridgehead atoms. The lowest BCUT2D eigenvalue weighted by Crippen LogP contribution is -2.20. The first-order chi connectivity index (χ1) is 12.6. The lowest BCUT2D eigenvalue weighted by Gasteiger charge is -2.34. The second-order valence-electron chi connectivity index (χ2n) is 7.96. The minimum atomic E-state index is -4.50. The van der Waals surface area contributed by atoms with Gasteiger partial charge in [-0.05, 0) is 66.8 Å². The average molecular weight is 381 g/mol. The molecule has 0 unspecified atom stereocenters. The van der Waals surface area contributed by atoms with Crippen LogP contribution in [0.4, 0.5) is 17.6 Å². The van der Waals surface area contributed by atoms with Crippen LogP contribution in [0.3, 0.4) is 0 Å². The maximum Gasteiger partial charge on any atom is 0.422 e. The van der Waals surface area contributed by atoms with Crippen molar-refractivity contribution >= 4 is 0 Å². The van der Waals surface area contributed by atoms with Gasteiger partial charge in [-0.15, -0.1) is 0 Å². The molecule has 0 spiro atoms. The zero-order valence-corrected chi connectivity index (χ0v) is 15.4. The van der Waals surface area contributed by atoms with Gasteiger partial charge < -0.3 is 4.74 Å². The van der Waals surface area contributed by atoms with E-state index in [1.165, 1.54) is 30.5 Å². The van der Waals surface area contributed by atoms with Crippen LogP contribution in [0.25, 0.3) is 11.3 Å². The molecule has 0 N–H and O–H groups in total. The molecule has 27 heavy (non-hydrogen) atoms. The van der Waals surface area contributed by atoms with E-state index in [4.69, 9.17) is 0 Å². The molecule has 2 nitrogen and oxygen atoms in total. The Hall–Kier alpha value is -2.11. The highest BCUT2D eigenvalue weighted by Gasteiger charge is 2.29. The normalized spacial score (nSPS) is 17.7. The van der Waals surface area contributed by atoms with E-state index in [0.717, 1.165) is 18.9 Å². The highest BCUT2D eigenvalue weighted by Crippen LogP contribution is 2.42. The lowest BCUT2D eigenvalue weighted by molar-refractivity contribution is -0.153. The molecular weight excluding hydrogens is 358 g/mol. The number of aromatic nitrogens is 1. The van der Waals surface area contributed by atoms with Gasteiger partial charge in [0.2, 0.25) is 0 Å². The third-order valence-corrected chi connectivity index (χ3v) is 5.22. The van der Waals surface area contributed by atoms with Crippen molar-refractivity contribution in [2.45, 2.75) is 51.6 Å². The van der Waals surface area contributed by atoms with Crippen LogP contribution in [0.5, 0.6) is 5.75 Å². The van der Waals surface area contributed by atoms with E-state index in [2.05, 4.69) is 23.6 Å². The van der Waals surface area contributed by atoms with Crippen LogP contribution in [0, 0.1) is 11.2 Å². The maximum atomic E-state index is 14.0. The van der Waals surface area contributed by atoms with Gasteiger partial charge in [0.15, 0.2) is 18.2 Å². The van der Waals surface area contributed by atoms with Crippen LogP contribution in [0.1, 0.15) is 51.0 Å². The van der Waals surface area contributed by atoms with Crippen LogP contribution in [-0.4, -0.2) is 17.8 Å². The molecule has 146 valence electrons. The Labute approximate surface area is 156 Å². The first kappa shape index (κ1) is 19.6. The third-order valence-electron chi connectivity index (χ3n) is 5.22. The minimum Gasteiger partial charge on any atom is -0.481 e. The van der Waals surface area contributed by atoms with Gasteiger partial charge in [-0.3, -0.25) is 4.98 Å². The molecule has 0 aliphatic heterocycles. The topological polar surface area (TPSA) is 22.1 Å². The Morgan fingerprint density at radius 1 is 1.11 bits per heavy atom. The van der Waals surface area contributed by atoms with Crippen LogP contribution in [-0.2, 0) is 0 Å². The van der Waals surface area contributed by atoms with Crippen LogP contribution < -0.4 is 4.74 Å². The molecule has 0 amide bonds. The summed E-state index contributed by atoms with van der Waals surface area (Å²) in [6.07, 6.45) is 1.96. The molecule has 1 aromatic heterocycles. The Kier molecular flexibility index (Phi) is 5.45. The molecule has 1 heterocycles. The van der Waals surface area contributed by atoms with Crippen molar-refractivity contribution in [2.75, 3.05) is 6.61 Å². The van der Waals surface area contributed by atoms with E-state index in [0.29, 0.717) is 22.6 Å². The largest absolute Gasteiger partial charge is 0.481 e. The molecule has 1 aromatic carbocycles. The maximum absolute atomic E-state index is 14.0. The van der Waals surface area contributed by atoms with Crippen molar-refractivity contribution in [1.29, 1.82) is 0 Å². The number of halogens is 4. The van der Waals surface area contributed by atoms with Gasteiger partial charge >= 0.3 is 6.18 Å². The number of alkyl halides is 3. The Morgan fingerprint density at radius 3 is 2.37 bits per heavy atom. The van der Waals surface area contributed by atoms with Crippen molar-refractivity contribution in [3.8, 4) is 17.0 Å². The van der Waals surface area contributed by atoms with Crippen molar-refractivity contribution in [3.63, 3.8) is 0 Å². The number of hydrogen-bond donors (Lipinski definition) is 0. The fraction of sp³-hybridized carbons (Fsp3) is 0.476. The summed E-state index contributed by atoms with van der Waals surface area (Å²) in [7, 11) is 0. The van der Waals surface area contributed by atoms with Gasteiger partial charge in [-0.2, -0.15) is 13.2 Å². The van der Waals surface area contributed by atoms with Gasteiger partial charge in [0.05, 0.1) is 5.69 Å². The quantitative estimate of drug-likeness (QED) is 0.563. The summed E-state index contributed by atoms with van der Waals surface area (Å²) in [4.78, 5) is 4.43. The number of nitrogens with zero attached hydrogens (tertiary/aromatic N) is 1. The van der Waals surface area contributed by atoms with E-state index in [-0.39, 0.29) is 0 Å². The van der Waals surface area contributed by atoms with Gasteiger partial charge in [0.25, 0.3) is 0 Å². The molecule has 2 aromatic rings. The summed E-state index contributed by atoms with van der Waals surface area (Å²) >= 11 is 0. The molecule has 0 radical (unpaired) electrons. The van der Waals surface area contributed by atoms with Crippen molar-refractivity contribution in [2.24, 2.45) is 5.41 Å². The van der Waals surface area contributed by atoms with Crippen molar-refractivity contribution < 1.29 is 22.3 Å². The van der Waals surface area contributed by atoms with Crippen LogP contribution >= 0.6 is 0 Å². The van der Waals surface area contributed by atoms with E-state index < -0.39 is 24.3 Å². The first-order valence-corrected chi connectivity index (χ1v) is 9.08. The van der Waals surface area contributed by atoms with Crippen molar-refractivity contribution in [3.05, 3.63) is 47.9 Å². The third kappa shape index (κ3) is 5.21. The van der Waals surface area contributed by atoms with E-state index in [9.17, 15) is 17.6 Å². The predicted molar refractivity (Wildman–Crippen MR) is 96.2 cm³/mol. The monoisotopic (exact) mass is 381 g/mol. The van der Waals surface area contributed by atoms with Gasteiger partial charge in [0.1, 0.15) is 0 Å². The van der Waals surface area contributed by atoms with Gasteiger partial charge in [-0.25, -0.2) is 4.39 Å². The first-order valence-electron chi connectivity index (χ1n) is 9.08. The van der Waals surface area contributed by atoms with Crippen LogP contribution in [0.2, 0.25) is 0 Å². The average Bonchev–Trinajstić information content (AvgIpc) is 2.60. The van der Waals surface area contributed by atoms with E-state index >= 15 is 0 Å². The highest BCUT2D eigenvalue weighted by atomic mass is 19.4. The zero-order chi connectivity index (χ0) is 19.7. The van der Waals surface area contributed by atoms with E-state index in [1.54, 1.807) is 0 Å². The second kappa shape index (κ2) is 7.49. The zero-order valence-electron chi connectivity index (χ0n) is 15.4. The number of pyridine rings is 1.